The number of methoxy groups -OCH3 is 1. The predicted molar refractivity (Wildman–Crippen MR) is 133 cm³/mol. The summed E-state index contributed by atoms with van der Waals surface area (Å²) in [6.07, 6.45) is -4.66. The summed E-state index contributed by atoms with van der Waals surface area (Å²) < 4.78 is 17.7. The van der Waals surface area contributed by atoms with Crippen LogP contribution in [-0.2, 0) is 14.2 Å². The van der Waals surface area contributed by atoms with Crippen molar-refractivity contribution in [2.75, 3.05) is 20.3 Å². The van der Waals surface area contributed by atoms with Crippen LogP contribution in [0.5, 0.6) is 0 Å². The Morgan fingerprint density at radius 2 is 1.78 bits per heavy atom. The Hall–Kier alpha value is -0.880. The molecule has 206 valence electrons. The van der Waals surface area contributed by atoms with E-state index in [1.165, 1.54) is 5.57 Å². The number of hydrogen-bond donors (Lipinski definition) is 6. The summed E-state index contributed by atoms with van der Waals surface area (Å²) in [7, 11) is 1.70. The Labute approximate surface area is 213 Å². The zero-order chi connectivity index (χ0) is 26.5. The van der Waals surface area contributed by atoms with Gasteiger partial charge < -0.3 is 45.5 Å². The average molecular weight is 512 g/mol. The Kier molecular flexibility index (Phi) is 8.37. The van der Waals surface area contributed by atoms with Gasteiger partial charge in [-0.15, -0.1) is 0 Å². The first-order chi connectivity index (χ1) is 17.0. The van der Waals surface area contributed by atoms with E-state index in [2.05, 4.69) is 19.9 Å². The molecule has 12 atom stereocenters. The molecule has 0 unspecified atom stereocenters. The number of aliphatic hydroxyl groups excluding tert-OH is 5. The Morgan fingerprint density at radius 3 is 2.39 bits per heavy atom. The first-order valence-corrected chi connectivity index (χ1v) is 13.3. The lowest BCUT2D eigenvalue weighted by Crippen LogP contribution is -2.61. The lowest BCUT2D eigenvalue weighted by molar-refractivity contribution is -0.310. The van der Waals surface area contributed by atoms with Crippen LogP contribution in [-0.4, -0.2) is 94.8 Å². The first kappa shape index (κ1) is 28.1. The van der Waals surface area contributed by atoms with Gasteiger partial charge in [0, 0.05) is 25.0 Å². The maximum absolute atomic E-state index is 11.8. The highest BCUT2D eigenvalue weighted by Crippen LogP contribution is 2.55. The fourth-order valence-corrected chi connectivity index (χ4v) is 7.00. The Bertz CT molecular complexity index is 859. The molecule has 0 aromatic rings. The van der Waals surface area contributed by atoms with Crippen molar-refractivity contribution in [3.63, 3.8) is 0 Å². The van der Waals surface area contributed by atoms with Crippen LogP contribution < -0.4 is 5.73 Å². The molecule has 4 rings (SSSR count). The fraction of sp³-hybridized carbons (Fsp3) is 0.852. The summed E-state index contributed by atoms with van der Waals surface area (Å²) in [5, 5.41) is 54.7. The third kappa shape index (κ3) is 4.61. The molecule has 0 aromatic heterocycles. The third-order valence-electron chi connectivity index (χ3n) is 9.24. The van der Waals surface area contributed by atoms with Crippen molar-refractivity contribution in [2.24, 2.45) is 34.8 Å². The fourth-order valence-electron chi connectivity index (χ4n) is 7.00. The van der Waals surface area contributed by atoms with Crippen LogP contribution >= 0.6 is 0 Å². The number of aliphatic hydroxyl groups is 5. The minimum absolute atomic E-state index is 0.0696. The Morgan fingerprint density at radius 1 is 1.08 bits per heavy atom. The van der Waals surface area contributed by atoms with Gasteiger partial charge in [-0.3, -0.25) is 0 Å². The second kappa shape index (κ2) is 10.7. The molecular formula is C27H45NO8. The SMILES string of the molecule is COC[C@H]1CC[C@@H]2C1=C[C@]1(C)C(=C(C(C)C)C[C@@H]1O)[C@@H](O[C@H]1O[C@H](CN)[C@@H](O)[C@H](O)[C@H]1O)[C@H](O)[C@@H]2C. The van der Waals surface area contributed by atoms with Gasteiger partial charge in [0.2, 0.25) is 0 Å². The predicted octanol–water partition coefficient (Wildman–Crippen LogP) is 0.471. The lowest BCUT2D eigenvalue weighted by atomic mass is 9.68. The average Bonchev–Trinajstić information content (AvgIpc) is 3.34. The monoisotopic (exact) mass is 511 g/mol. The van der Waals surface area contributed by atoms with E-state index < -0.39 is 54.4 Å². The summed E-state index contributed by atoms with van der Waals surface area (Å²) in [4.78, 5) is 0. The van der Waals surface area contributed by atoms with E-state index in [1.807, 2.05) is 13.8 Å². The molecule has 0 radical (unpaired) electrons. The van der Waals surface area contributed by atoms with Gasteiger partial charge in [0.05, 0.1) is 18.8 Å². The number of nitrogens with two attached hydrogens (primary N) is 1. The van der Waals surface area contributed by atoms with E-state index in [0.717, 1.165) is 24.0 Å². The molecule has 36 heavy (non-hydrogen) atoms. The number of rotatable bonds is 6. The van der Waals surface area contributed by atoms with Crippen molar-refractivity contribution in [1.29, 1.82) is 0 Å². The van der Waals surface area contributed by atoms with Crippen molar-refractivity contribution in [1.82, 2.24) is 0 Å². The largest absolute Gasteiger partial charge is 0.392 e. The van der Waals surface area contributed by atoms with E-state index in [0.29, 0.717) is 13.0 Å². The van der Waals surface area contributed by atoms with Crippen LogP contribution in [0.25, 0.3) is 0 Å². The summed E-state index contributed by atoms with van der Waals surface area (Å²) in [5.74, 6) is 0.249. The number of fused-ring (bicyclic) bond motifs is 2. The molecule has 1 aliphatic heterocycles. The van der Waals surface area contributed by atoms with Gasteiger partial charge in [-0.25, -0.2) is 0 Å². The molecule has 9 heteroatoms. The molecule has 1 saturated carbocycles. The highest BCUT2D eigenvalue weighted by atomic mass is 16.7. The van der Waals surface area contributed by atoms with E-state index in [1.54, 1.807) is 7.11 Å². The molecule has 3 aliphatic carbocycles. The van der Waals surface area contributed by atoms with Crippen LogP contribution in [0.15, 0.2) is 22.8 Å². The normalized spacial score (nSPS) is 47.4. The summed E-state index contributed by atoms with van der Waals surface area (Å²) in [6.45, 7) is 8.64. The van der Waals surface area contributed by atoms with Gasteiger partial charge in [0.1, 0.15) is 30.5 Å². The lowest BCUT2D eigenvalue weighted by Gasteiger charge is -2.46. The second-order valence-electron chi connectivity index (χ2n) is 11.7. The van der Waals surface area contributed by atoms with Crippen LogP contribution in [0.2, 0.25) is 0 Å². The molecular weight excluding hydrogens is 466 g/mol. The molecule has 4 aliphatic rings. The molecule has 0 spiro atoms. The number of ether oxygens (including phenoxy) is 3. The second-order valence-corrected chi connectivity index (χ2v) is 11.7. The molecule has 0 amide bonds. The smallest absolute Gasteiger partial charge is 0.187 e. The van der Waals surface area contributed by atoms with Crippen molar-refractivity contribution in [2.45, 2.75) is 96.0 Å². The van der Waals surface area contributed by atoms with Crippen molar-refractivity contribution in [3.05, 3.63) is 22.8 Å². The van der Waals surface area contributed by atoms with Crippen LogP contribution in [0.3, 0.4) is 0 Å². The zero-order valence-corrected chi connectivity index (χ0v) is 22.1. The van der Waals surface area contributed by atoms with Crippen molar-refractivity contribution >= 4 is 0 Å². The van der Waals surface area contributed by atoms with Crippen molar-refractivity contribution in [3.8, 4) is 0 Å². The topological polar surface area (TPSA) is 155 Å². The molecule has 1 heterocycles. The molecule has 1 saturated heterocycles. The molecule has 2 fully saturated rings. The van der Waals surface area contributed by atoms with Gasteiger partial charge in [-0.1, -0.05) is 38.0 Å². The quantitative estimate of drug-likeness (QED) is 0.279. The van der Waals surface area contributed by atoms with Gasteiger partial charge >= 0.3 is 0 Å². The summed E-state index contributed by atoms with van der Waals surface area (Å²) in [5.41, 5.74) is 7.98. The maximum Gasteiger partial charge on any atom is 0.187 e. The first-order valence-electron chi connectivity index (χ1n) is 13.3. The standard InChI is InChI=1S/C27H45NO8/c1-12(2)16-8-19(29)27(4)9-17-14(11-34-5)6-7-15(17)13(3)21(30)25(20(16)27)36-26-24(33)23(32)22(31)18(10-28)35-26/h9,12-15,18-19,21-26,29-33H,6-8,10-11,28H2,1-5H3/t13-,14-,15+,18-,19+,21-,22-,23+,24-,25-,26-,27+/m1/s1. The van der Waals surface area contributed by atoms with Gasteiger partial charge in [0.25, 0.3) is 0 Å². The van der Waals surface area contributed by atoms with Gasteiger partial charge in [-0.05, 0) is 49.5 Å². The minimum Gasteiger partial charge on any atom is -0.392 e. The van der Waals surface area contributed by atoms with E-state index >= 15 is 0 Å². The maximum atomic E-state index is 11.8. The van der Waals surface area contributed by atoms with Gasteiger partial charge in [-0.2, -0.15) is 0 Å². The van der Waals surface area contributed by atoms with Gasteiger partial charge in [0.15, 0.2) is 6.29 Å². The Balaban J connectivity index is 1.81. The third-order valence-corrected chi connectivity index (χ3v) is 9.24. The number of hydrogen-bond acceptors (Lipinski definition) is 9. The van der Waals surface area contributed by atoms with Crippen LogP contribution in [0, 0.1) is 29.1 Å². The molecule has 7 N–H and O–H groups in total. The highest BCUT2D eigenvalue weighted by Gasteiger charge is 2.55. The van der Waals surface area contributed by atoms with Crippen LogP contribution in [0.4, 0.5) is 0 Å². The van der Waals surface area contributed by atoms with Crippen LogP contribution in [0.1, 0.15) is 47.0 Å². The molecule has 0 aromatic carbocycles. The summed E-state index contributed by atoms with van der Waals surface area (Å²) >= 11 is 0. The van der Waals surface area contributed by atoms with Crippen molar-refractivity contribution < 1.29 is 39.7 Å². The van der Waals surface area contributed by atoms with E-state index in [4.69, 9.17) is 19.9 Å². The summed E-state index contributed by atoms with van der Waals surface area (Å²) in [6, 6.07) is 0. The zero-order valence-electron chi connectivity index (χ0n) is 22.1. The van der Waals surface area contributed by atoms with E-state index in [9.17, 15) is 25.5 Å². The highest BCUT2D eigenvalue weighted by molar-refractivity contribution is 5.43. The molecule has 0 bridgehead atoms. The molecule has 9 nitrogen and oxygen atoms in total. The van der Waals surface area contributed by atoms with E-state index in [-0.39, 0.29) is 30.2 Å². The minimum atomic E-state index is -1.53.